The van der Waals surface area contributed by atoms with Gasteiger partial charge >= 0.3 is 0 Å². The highest BCUT2D eigenvalue weighted by atomic mass is 32.2. The van der Waals surface area contributed by atoms with Crippen molar-refractivity contribution < 1.29 is 14.2 Å². The predicted molar refractivity (Wildman–Crippen MR) is 69.1 cm³/mol. The van der Waals surface area contributed by atoms with Crippen LogP contribution < -0.4 is 5.73 Å². The van der Waals surface area contributed by atoms with Gasteiger partial charge in [-0.05, 0) is 30.9 Å². The van der Waals surface area contributed by atoms with E-state index in [4.69, 9.17) is 19.9 Å². The molecule has 2 fully saturated rings. The molecule has 4 nitrogen and oxygen atoms in total. The zero-order chi connectivity index (χ0) is 12.3. The summed E-state index contributed by atoms with van der Waals surface area (Å²) in [5.41, 5.74) is 6.33. The van der Waals surface area contributed by atoms with Gasteiger partial charge in [-0.3, -0.25) is 0 Å². The summed E-state index contributed by atoms with van der Waals surface area (Å²) < 4.78 is 16.5. The minimum absolute atomic E-state index is 0.0589. The smallest absolute Gasteiger partial charge is 0.172 e. The Morgan fingerprint density at radius 2 is 2.18 bits per heavy atom. The SMILES string of the molecule is COC(OC)C(N)C1CCOC2(CCSC2)C1. The Morgan fingerprint density at radius 1 is 1.41 bits per heavy atom. The van der Waals surface area contributed by atoms with Crippen molar-refractivity contribution in [3.8, 4) is 0 Å². The average Bonchev–Trinajstić information content (AvgIpc) is 2.78. The highest BCUT2D eigenvalue weighted by molar-refractivity contribution is 7.99. The van der Waals surface area contributed by atoms with Crippen LogP contribution in [-0.4, -0.2) is 50.3 Å². The van der Waals surface area contributed by atoms with Gasteiger partial charge < -0.3 is 19.9 Å². The standard InChI is InChI=1S/C12H23NO3S/c1-14-11(15-2)10(13)9-3-5-16-12(7-9)4-6-17-8-12/h9-11H,3-8,13H2,1-2H3. The molecule has 17 heavy (non-hydrogen) atoms. The third kappa shape index (κ3) is 2.96. The van der Waals surface area contributed by atoms with Gasteiger partial charge in [-0.15, -0.1) is 0 Å². The normalized spacial score (nSPS) is 35.6. The van der Waals surface area contributed by atoms with Crippen molar-refractivity contribution in [1.82, 2.24) is 0 Å². The largest absolute Gasteiger partial charge is 0.374 e. The molecule has 2 saturated heterocycles. The molecular formula is C12H23NO3S. The Kier molecular flexibility index (Phi) is 4.72. The fourth-order valence-electron chi connectivity index (χ4n) is 2.89. The van der Waals surface area contributed by atoms with E-state index in [-0.39, 0.29) is 17.9 Å². The molecule has 1 spiro atoms. The van der Waals surface area contributed by atoms with E-state index >= 15 is 0 Å². The Bertz CT molecular complexity index is 242. The van der Waals surface area contributed by atoms with E-state index in [2.05, 4.69) is 0 Å². The number of ether oxygens (including phenoxy) is 3. The zero-order valence-electron chi connectivity index (χ0n) is 10.7. The summed E-state index contributed by atoms with van der Waals surface area (Å²) in [6, 6.07) is -0.0589. The first-order valence-corrected chi connectivity index (χ1v) is 7.39. The maximum atomic E-state index is 6.25. The van der Waals surface area contributed by atoms with Crippen LogP contribution in [-0.2, 0) is 14.2 Å². The van der Waals surface area contributed by atoms with Crippen LogP contribution in [0.15, 0.2) is 0 Å². The fraction of sp³-hybridized carbons (Fsp3) is 1.00. The second-order valence-electron chi connectivity index (χ2n) is 5.00. The Hall–Kier alpha value is 0.190. The molecular weight excluding hydrogens is 238 g/mol. The highest BCUT2D eigenvalue weighted by Crippen LogP contribution is 2.41. The first-order valence-electron chi connectivity index (χ1n) is 6.24. The molecule has 100 valence electrons. The third-order valence-electron chi connectivity index (χ3n) is 3.92. The topological polar surface area (TPSA) is 53.7 Å². The fourth-order valence-corrected chi connectivity index (χ4v) is 4.27. The molecule has 0 aliphatic carbocycles. The maximum absolute atomic E-state index is 6.25. The van der Waals surface area contributed by atoms with Crippen molar-refractivity contribution >= 4 is 11.8 Å². The molecule has 3 unspecified atom stereocenters. The van der Waals surface area contributed by atoms with Crippen molar-refractivity contribution in [2.75, 3.05) is 32.3 Å². The van der Waals surface area contributed by atoms with Crippen LogP contribution in [0.25, 0.3) is 0 Å². The quantitative estimate of drug-likeness (QED) is 0.772. The van der Waals surface area contributed by atoms with Crippen molar-refractivity contribution in [2.45, 2.75) is 37.2 Å². The summed E-state index contributed by atoms with van der Waals surface area (Å²) in [5, 5.41) is 0. The van der Waals surface area contributed by atoms with Crippen molar-refractivity contribution in [1.29, 1.82) is 0 Å². The number of hydrogen-bond donors (Lipinski definition) is 1. The molecule has 2 rings (SSSR count). The van der Waals surface area contributed by atoms with E-state index in [9.17, 15) is 0 Å². The average molecular weight is 261 g/mol. The molecule has 0 radical (unpaired) electrons. The van der Waals surface area contributed by atoms with Gasteiger partial charge in [-0.1, -0.05) is 0 Å². The van der Waals surface area contributed by atoms with Gasteiger partial charge in [-0.25, -0.2) is 0 Å². The van der Waals surface area contributed by atoms with Gasteiger partial charge in [0.25, 0.3) is 0 Å². The summed E-state index contributed by atoms with van der Waals surface area (Å²) in [6.45, 7) is 0.819. The van der Waals surface area contributed by atoms with Crippen LogP contribution in [0.5, 0.6) is 0 Å². The third-order valence-corrected chi connectivity index (χ3v) is 5.14. The molecule has 5 heteroatoms. The number of thioether (sulfide) groups is 1. The lowest BCUT2D eigenvalue weighted by atomic mass is 9.81. The van der Waals surface area contributed by atoms with Gasteiger partial charge in [0.2, 0.25) is 0 Å². The van der Waals surface area contributed by atoms with Gasteiger partial charge in [0, 0.05) is 26.6 Å². The molecule has 2 N–H and O–H groups in total. The molecule has 2 heterocycles. The van der Waals surface area contributed by atoms with Crippen LogP contribution in [0, 0.1) is 5.92 Å². The molecule has 2 aliphatic rings. The first-order chi connectivity index (χ1) is 8.21. The maximum Gasteiger partial charge on any atom is 0.172 e. The summed E-state index contributed by atoms with van der Waals surface area (Å²) in [7, 11) is 3.29. The molecule has 0 aromatic carbocycles. The van der Waals surface area contributed by atoms with Gasteiger partial charge in [0.05, 0.1) is 11.6 Å². The van der Waals surface area contributed by atoms with E-state index < -0.39 is 0 Å². The predicted octanol–water partition coefficient (Wildman–Crippen LogP) is 1.23. The Morgan fingerprint density at radius 3 is 2.76 bits per heavy atom. The highest BCUT2D eigenvalue weighted by Gasteiger charge is 2.43. The van der Waals surface area contributed by atoms with Crippen LogP contribution >= 0.6 is 11.8 Å². The van der Waals surface area contributed by atoms with E-state index in [1.54, 1.807) is 14.2 Å². The van der Waals surface area contributed by atoms with Gasteiger partial charge in [-0.2, -0.15) is 11.8 Å². The number of methoxy groups -OCH3 is 2. The van der Waals surface area contributed by atoms with E-state index in [0.29, 0.717) is 5.92 Å². The van der Waals surface area contributed by atoms with Crippen LogP contribution in [0.3, 0.4) is 0 Å². The molecule has 0 bridgehead atoms. The van der Waals surface area contributed by atoms with Gasteiger partial charge in [0.15, 0.2) is 6.29 Å². The molecule has 2 aliphatic heterocycles. The van der Waals surface area contributed by atoms with Gasteiger partial charge in [0.1, 0.15) is 0 Å². The molecule has 0 aromatic rings. The number of hydrogen-bond acceptors (Lipinski definition) is 5. The summed E-state index contributed by atoms with van der Waals surface area (Å²) in [5.74, 6) is 2.76. The lowest BCUT2D eigenvalue weighted by Crippen LogP contribution is -2.50. The second kappa shape index (κ2) is 5.89. The Balaban J connectivity index is 1.96. The van der Waals surface area contributed by atoms with Crippen LogP contribution in [0.1, 0.15) is 19.3 Å². The van der Waals surface area contributed by atoms with Crippen LogP contribution in [0.2, 0.25) is 0 Å². The van der Waals surface area contributed by atoms with E-state index in [0.717, 1.165) is 31.6 Å². The molecule has 3 atom stereocenters. The number of rotatable bonds is 4. The van der Waals surface area contributed by atoms with Crippen molar-refractivity contribution in [3.63, 3.8) is 0 Å². The van der Waals surface area contributed by atoms with Crippen molar-refractivity contribution in [2.24, 2.45) is 11.7 Å². The van der Waals surface area contributed by atoms with Crippen molar-refractivity contribution in [3.05, 3.63) is 0 Å². The zero-order valence-corrected chi connectivity index (χ0v) is 11.5. The minimum Gasteiger partial charge on any atom is -0.374 e. The van der Waals surface area contributed by atoms with E-state index in [1.165, 1.54) is 5.75 Å². The lowest BCUT2D eigenvalue weighted by Gasteiger charge is -2.41. The molecule has 0 saturated carbocycles. The second-order valence-corrected chi connectivity index (χ2v) is 6.11. The first kappa shape index (κ1) is 13.6. The van der Waals surface area contributed by atoms with E-state index in [1.807, 2.05) is 11.8 Å². The lowest BCUT2D eigenvalue weighted by molar-refractivity contribution is -0.147. The summed E-state index contributed by atoms with van der Waals surface area (Å²) in [4.78, 5) is 0. The summed E-state index contributed by atoms with van der Waals surface area (Å²) >= 11 is 1.98. The molecule has 0 amide bonds. The monoisotopic (exact) mass is 261 g/mol. The molecule has 0 aromatic heterocycles. The van der Waals surface area contributed by atoms with Crippen LogP contribution in [0.4, 0.5) is 0 Å². The Labute approximate surface area is 108 Å². The summed E-state index contributed by atoms with van der Waals surface area (Å²) in [6.07, 6.45) is 2.91. The number of nitrogens with two attached hydrogens (primary N) is 1. The minimum atomic E-state index is -0.302.